The van der Waals surface area contributed by atoms with Crippen LogP contribution in [-0.2, 0) is 0 Å². The third-order valence-electron chi connectivity index (χ3n) is 4.11. The Morgan fingerprint density at radius 3 is 2.44 bits per heavy atom. The van der Waals surface area contributed by atoms with Gasteiger partial charge in [-0.2, -0.15) is 0 Å². The van der Waals surface area contributed by atoms with E-state index in [2.05, 4.69) is 31.3 Å². The third-order valence-corrected chi connectivity index (χ3v) is 4.11. The van der Waals surface area contributed by atoms with Crippen molar-refractivity contribution in [2.45, 2.75) is 38.8 Å². The van der Waals surface area contributed by atoms with Gasteiger partial charge in [-0.25, -0.2) is 0 Å². The van der Waals surface area contributed by atoms with Crippen molar-refractivity contribution in [1.29, 1.82) is 0 Å². The highest BCUT2D eigenvalue weighted by Gasteiger charge is 2.33. The monoisotopic (exact) mass is 248 g/mol. The minimum absolute atomic E-state index is 0.394. The van der Waals surface area contributed by atoms with Crippen LogP contribution in [0, 0.1) is 19.8 Å². The van der Waals surface area contributed by atoms with Crippen LogP contribution in [0.3, 0.4) is 0 Å². The first-order chi connectivity index (χ1) is 8.56. The minimum atomic E-state index is 0.394. The number of methoxy groups -OCH3 is 1. The van der Waals surface area contributed by atoms with Crippen molar-refractivity contribution in [3.05, 3.63) is 28.8 Å². The number of nitrogens with two attached hydrogens (primary N) is 1. The summed E-state index contributed by atoms with van der Waals surface area (Å²) in [7, 11) is 3.76. The van der Waals surface area contributed by atoms with E-state index in [9.17, 15) is 0 Å². The fourth-order valence-electron chi connectivity index (χ4n) is 2.99. The molecule has 1 unspecified atom stereocenters. The van der Waals surface area contributed by atoms with Crippen LogP contribution in [0.1, 0.15) is 35.6 Å². The summed E-state index contributed by atoms with van der Waals surface area (Å²) in [5.41, 5.74) is 9.77. The number of ether oxygens (including phenoxy) is 1. The molecule has 1 saturated carbocycles. The predicted molar refractivity (Wildman–Crippen MR) is 75.0 cm³/mol. The Bertz CT molecular complexity index is 425. The highest BCUT2D eigenvalue weighted by atomic mass is 16.5. The first-order valence-electron chi connectivity index (χ1n) is 6.64. The Labute approximate surface area is 110 Å². The Balaban J connectivity index is 2.28. The largest absolute Gasteiger partial charge is 0.496 e. The van der Waals surface area contributed by atoms with Crippen LogP contribution in [0.5, 0.6) is 5.75 Å². The van der Waals surface area contributed by atoms with E-state index in [4.69, 9.17) is 10.5 Å². The molecule has 1 aliphatic rings. The molecule has 1 aromatic rings. The molecule has 0 aromatic heterocycles. The second kappa shape index (κ2) is 5.29. The van der Waals surface area contributed by atoms with Crippen LogP contribution >= 0.6 is 0 Å². The molecule has 0 spiro atoms. The molecule has 0 radical (unpaired) electrons. The summed E-state index contributed by atoms with van der Waals surface area (Å²) in [6, 6.07) is 5.19. The van der Waals surface area contributed by atoms with Crippen LogP contribution in [0.25, 0.3) is 0 Å². The standard InChI is InChI=1S/C15H24N2O/c1-9-6-14(18-4)10(2)5-13(9)15(17-3)11-7-12(16)8-11/h5-6,11-12,15,17H,7-8,16H2,1-4H3. The summed E-state index contributed by atoms with van der Waals surface area (Å²) in [5.74, 6) is 1.63. The number of rotatable bonds is 4. The summed E-state index contributed by atoms with van der Waals surface area (Å²) in [6.45, 7) is 4.25. The summed E-state index contributed by atoms with van der Waals surface area (Å²) < 4.78 is 5.37. The van der Waals surface area contributed by atoms with Gasteiger partial charge in [-0.05, 0) is 62.4 Å². The van der Waals surface area contributed by atoms with E-state index >= 15 is 0 Å². The van der Waals surface area contributed by atoms with Gasteiger partial charge in [-0.1, -0.05) is 6.07 Å². The highest BCUT2D eigenvalue weighted by Crippen LogP contribution is 2.39. The van der Waals surface area contributed by atoms with Gasteiger partial charge >= 0.3 is 0 Å². The van der Waals surface area contributed by atoms with Crippen molar-refractivity contribution in [3.63, 3.8) is 0 Å². The van der Waals surface area contributed by atoms with Crippen LogP contribution in [0.15, 0.2) is 12.1 Å². The lowest BCUT2D eigenvalue weighted by molar-refractivity contribution is 0.203. The number of hydrogen-bond acceptors (Lipinski definition) is 3. The van der Waals surface area contributed by atoms with Gasteiger partial charge in [0.25, 0.3) is 0 Å². The van der Waals surface area contributed by atoms with E-state index in [1.54, 1.807) is 7.11 Å². The molecule has 1 fully saturated rings. The fourth-order valence-corrected chi connectivity index (χ4v) is 2.99. The van der Waals surface area contributed by atoms with Gasteiger partial charge in [0.15, 0.2) is 0 Å². The minimum Gasteiger partial charge on any atom is -0.496 e. The highest BCUT2D eigenvalue weighted by molar-refractivity contribution is 5.43. The summed E-state index contributed by atoms with van der Waals surface area (Å²) in [4.78, 5) is 0. The topological polar surface area (TPSA) is 47.3 Å². The van der Waals surface area contributed by atoms with Gasteiger partial charge in [0.05, 0.1) is 7.11 Å². The van der Waals surface area contributed by atoms with E-state index in [0.717, 1.165) is 18.6 Å². The van der Waals surface area contributed by atoms with Gasteiger partial charge in [-0.15, -0.1) is 0 Å². The van der Waals surface area contributed by atoms with Crippen LogP contribution in [0.2, 0.25) is 0 Å². The Morgan fingerprint density at radius 1 is 1.28 bits per heavy atom. The average Bonchev–Trinajstić information content (AvgIpc) is 2.31. The smallest absolute Gasteiger partial charge is 0.122 e. The molecule has 3 heteroatoms. The van der Waals surface area contributed by atoms with Gasteiger partial charge in [0.2, 0.25) is 0 Å². The maximum absolute atomic E-state index is 5.91. The first kappa shape index (κ1) is 13.4. The fraction of sp³-hybridized carbons (Fsp3) is 0.600. The second-order valence-electron chi connectivity index (χ2n) is 5.44. The van der Waals surface area contributed by atoms with Crippen molar-refractivity contribution in [2.75, 3.05) is 14.2 Å². The predicted octanol–water partition coefficient (Wildman–Crippen LogP) is 2.31. The van der Waals surface area contributed by atoms with Crippen molar-refractivity contribution >= 4 is 0 Å². The van der Waals surface area contributed by atoms with Crippen molar-refractivity contribution in [2.24, 2.45) is 11.7 Å². The molecule has 3 nitrogen and oxygen atoms in total. The Hall–Kier alpha value is -1.06. The number of benzene rings is 1. The van der Waals surface area contributed by atoms with E-state index in [1.807, 2.05) is 7.05 Å². The molecule has 2 rings (SSSR count). The number of hydrogen-bond donors (Lipinski definition) is 2. The molecule has 0 bridgehead atoms. The summed E-state index contributed by atoms with van der Waals surface area (Å²) in [6.07, 6.45) is 2.24. The molecule has 1 atom stereocenters. The quantitative estimate of drug-likeness (QED) is 0.859. The molecule has 0 aliphatic heterocycles. The lowest BCUT2D eigenvalue weighted by Crippen LogP contribution is -2.42. The first-order valence-corrected chi connectivity index (χ1v) is 6.64. The van der Waals surface area contributed by atoms with Gasteiger partial charge in [0.1, 0.15) is 5.75 Å². The molecule has 1 aliphatic carbocycles. The Morgan fingerprint density at radius 2 is 1.94 bits per heavy atom. The zero-order valence-corrected chi connectivity index (χ0v) is 11.8. The van der Waals surface area contributed by atoms with Crippen LogP contribution in [-0.4, -0.2) is 20.2 Å². The molecule has 1 aromatic carbocycles. The SMILES string of the molecule is CNC(c1cc(C)c(OC)cc1C)C1CC(N)C1. The average molecular weight is 248 g/mol. The third kappa shape index (κ3) is 2.38. The normalized spacial score (nSPS) is 24.5. The van der Waals surface area contributed by atoms with E-state index in [-0.39, 0.29) is 0 Å². The molecule has 3 N–H and O–H groups in total. The zero-order valence-electron chi connectivity index (χ0n) is 11.8. The van der Waals surface area contributed by atoms with Crippen molar-refractivity contribution < 1.29 is 4.74 Å². The van der Waals surface area contributed by atoms with E-state index in [0.29, 0.717) is 18.0 Å². The van der Waals surface area contributed by atoms with Crippen LogP contribution in [0.4, 0.5) is 0 Å². The number of aryl methyl sites for hydroxylation is 2. The molecular formula is C15H24N2O. The molecule has 0 amide bonds. The Kier molecular flexibility index (Phi) is 3.93. The molecule has 100 valence electrons. The maximum Gasteiger partial charge on any atom is 0.122 e. The van der Waals surface area contributed by atoms with Crippen molar-refractivity contribution in [3.8, 4) is 5.75 Å². The lowest BCUT2D eigenvalue weighted by Gasteiger charge is -2.39. The zero-order chi connectivity index (χ0) is 13.3. The van der Waals surface area contributed by atoms with Crippen molar-refractivity contribution in [1.82, 2.24) is 5.32 Å². The summed E-state index contributed by atoms with van der Waals surface area (Å²) >= 11 is 0. The second-order valence-corrected chi connectivity index (χ2v) is 5.44. The van der Waals surface area contributed by atoms with Gasteiger partial charge < -0.3 is 15.8 Å². The molecule has 18 heavy (non-hydrogen) atoms. The lowest BCUT2D eigenvalue weighted by atomic mass is 9.73. The molecular weight excluding hydrogens is 224 g/mol. The van der Waals surface area contributed by atoms with E-state index in [1.165, 1.54) is 16.7 Å². The molecule has 0 saturated heterocycles. The maximum atomic E-state index is 5.91. The summed E-state index contributed by atoms with van der Waals surface area (Å²) in [5, 5.41) is 3.45. The van der Waals surface area contributed by atoms with E-state index < -0.39 is 0 Å². The van der Waals surface area contributed by atoms with Gasteiger partial charge in [0, 0.05) is 12.1 Å². The van der Waals surface area contributed by atoms with Gasteiger partial charge in [-0.3, -0.25) is 0 Å². The molecule has 0 heterocycles. The number of nitrogens with one attached hydrogen (secondary N) is 1. The van der Waals surface area contributed by atoms with Crippen LogP contribution < -0.4 is 15.8 Å².